The van der Waals surface area contributed by atoms with Crippen LogP contribution >= 0.6 is 0 Å². The van der Waals surface area contributed by atoms with Gasteiger partial charge in [-0.1, -0.05) is 20.8 Å². The number of benzene rings is 1. The van der Waals surface area contributed by atoms with Crippen LogP contribution in [0.5, 0.6) is 5.75 Å². The summed E-state index contributed by atoms with van der Waals surface area (Å²) in [5.41, 5.74) is 6.36. The molecule has 146 valence electrons. The van der Waals surface area contributed by atoms with E-state index in [4.69, 9.17) is 4.74 Å². The van der Waals surface area contributed by atoms with Crippen LogP contribution in [0.25, 0.3) is 0 Å². The molecule has 1 amide bonds. The minimum atomic E-state index is -0.284. The number of rotatable bonds is 2. The normalized spacial score (nSPS) is 28.2. The molecule has 0 aromatic heterocycles. The van der Waals surface area contributed by atoms with Gasteiger partial charge in [0, 0.05) is 6.54 Å². The van der Waals surface area contributed by atoms with E-state index in [1.807, 2.05) is 11.8 Å². The van der Waals surface area contributed by atoms with Crippen molar-refractivity contribution in [1.29, 1.82) is 0 Å². The highest BCUT2D eigenvalue weighted by Crippen LogP contribution is 2.44. The smallest absolute Gasteiger partial charge is 0.262 e. The van der Waals surface area contributed by atoms with Gasteiger partial charge in [0.15, 0.2) is 5.84 Å². The topological polar surface area (TPSA) is 57.2 Å². The molecule has 1 aromatic carbocycles. The fraction of sp³-hybridized carbons (Fsp3) is 0.619. The quantitative estimate of drug-likeness (QED) is 0.870. The Labute approximate surface area is 161 Å². The van der Waals surface area contributed by atoms with Crippen LogP contribution in [0, 0.1) is 5.92 Å². The Morgan fingerprint density at radius 3 is 2.78 bits per heavy atom. The Balaban J connectivity index is 1.82. The summed E-state index contributed by atoms with van der Waals surface area (Å²) < 4.78 is 6.02. The predicted molar refractivity (Wildman–Crippen MR) is 108 cm³/mol. The zero-order valence-corrected chi connectivity index (χ0v) is 17.0. The molecule has 3 heterocycles. The molecule has 0 bridgehead atoms. The Morgan fingerprint density at radius 1 is 1.30 bits per heavy atom. The van der Waals surface area contributed by atoms with Crippen LogP contribution in [-0.2, 0) is 4.79 Å². The summed E-state index contributed by atoms with van der Waals surface area (Å²) in [5.74, 6) is 3.11. The summed E-state index contributed by atoms with van der Waals surface area (Å²) in [6.07, 6.45) is 1.16. The molecule has 3 aliphatic rings. The third-order valence-corrected chi connectivity index (χ3v) is 6.25. The third-order valence-electron chi connectivity index (χ3n) is 6.25. The Kier molecular flexibility index (Phi) is 4.62. The Hall–Kier alpha value is -2.08. The Bertz CT molecular complexity index is 789. The fourth-order valence-electron chi connectivity index (χ4n) is 4.74. The van der Waals surface area contributed by atoms with Crippen molar-refractivity contribution in [3.63, 3.8) is 0 Å². The van der Waals surface area contributed by atoms with Crippen molar-refractivity contribution < 1.29 is 9.53 Å². The van der Waals surface area contributed by atoms with Gasteiger partial charge in [0.2, 0.25) is 0 Å². The van der Waals surface area contributed by atoms with Gasteiger partial charge >= 0.3 is 0 Å². The molecule has 1 N–H and O–H groups in total. The molecule has 1 aromatic rings. The van der Waals surface area contributed by atoms with E-state index in [0.29, 0.717) is 24.4 Å². The summed E-state index contributed by atoms with van der Waals surface area (Å²) in [5, 5.41) is 4.22. The second-order valence-electron chi connectivity index (χ2n) is 8.58. The molecule has 4 rings (SSSR count). The average molecular weight is 370 g/mol. The summed E-state index contributed by atoms with van der Waals surface area (Å²) in [6, 6.07) is 4.20. The molecule has 3 aliphatic heterocycles. The van der Waals surface area contributed by atoms with Gasteiger partial charge in [-0.05, 0) is 68.0 Å². The number of ether oxygens (including phenoxy) is 1. The number of hydrazone groups is 1. The number of anilines is 1. The molecule has 0 aliphatic carbocycles. The maximum atomic E-state index is 12.2. The number of piperidine rings is 1. The van der Waals surface area contributed by atoms with Crippen LogP contribution in [0.2, 0.25) is 0 Å². The second-order valence-corrected chi connectivity index (χ2v) is 8.58. The molecule has 0 radical (unpaired) electrons. The first-order valence-electron chi connectivity index (χ1n) is 10.0. The van der Waals surface area contributed by atoms with Gasteiger partial charge in [-0.25, -0.2) is 5.43 Å². The molecule has 0 saturated carbocycles. The first kappa shape index (κ1) is 18.3. The van der Waals surface area contributed by atoms with Crippen molar-refractivity contribution in [1.82, 2.24) is 10.3 Å². The summed E-state index contributed by atoms with van der Waals surface area (Å²) in [6.45, 7) is 11.4. The van der Waals surface area contributed by atoms with Crippen molar-refractivity contribution in [2.45, 2.75) is 52.0 Å². The number of nitrogens with one attached hydrogen (secondary N) is 1. The van der Waals surface area contributed by atoms with E-state index in [0.717, 1.165) is 36.8 Å². The molecule has 1 saturated heterocycles. The van der Waals surface area contributed by atoms with Crippen molar-refractivity contribution in [2.75, 3.05) is 31.6 Å². The number of carbonyl (C=O) groups is 1. The van der Waals surface area contributed by atoms with E-state index in [9.17, 15) is 4.79 Å². The Morgan fingerprint density at radius 2 is 2.07 bits per heavy atom. The van der Waals surface area contributed by atoms with Crippen molar-refractivity contribution in [3.05, 3.63) is 23.3 Å². The van der Waals surface area contributed by atoms with Crippen molar-refractivity contribution in [2.24, 2.45) is 11.0 Å². The minimum Gasteiger partial charge on any atom is -0.483 e. The average Bonchev–Trinajstić information content (AvgIpc) is 2.63. The minimum absolute atomic E-state index is 0.0752. The lowest BCUT2D eigenvalue weighted by molar-refractivity contribution is -0.122. The molecule has 6 nitrogen and oxygen atoms in total. The molecule has 1 fully saturated rings. The maximum absolute atomic E-state index is 12.2. The van der Waals surface area contributed by atoms with E-state index in [-0.39, 0.29) is 11.9 Å². The van der Waals surface area contributed by atoms with E-state index in [1.165, 1.54) is 11.1 Å². The van der Waals surface area contributed by atoms with Gasteiger partial charge in [0.05, 0.1) is 5.69 Å². The van der Waals surface area contributed by atoms with E-state index in [1.54, 1.807) is 0 Å². The largest absolute Gasteiger partial charge is 0.483 e. The molecular weight excluding hydrogens is 340 g/mol. The molecule has 1 unspecified atom stereocenters. The number of hydrogen-bond donors (Lipinski definition) is 1. The standard InChI is InChI=1S/C21H30N4O2/c1-12(2)16-9-19-18(8-17(16)15-6-7-24(5)10-13(15)3)25-14(4)21(26)23-22-20(25)11-27-19/h8-9,12-15H,6-7,10-11H2,1-5H3,(H,23,26)/t13-,14?,15+/m0/s1. The number of hydrogen-bond acceptors (Lipinski definition) is 5. The van der Waals surface area contributed by atoms with Crippen LogP contribution in [0.4, 0.5) is 5.69 Å². The third kappa shape index (κ3) is 3.10. The highest BCUT2D eigenvalue weighted by Gasteiger charge is 2.37. The summed E-state index contributed by atoms with van der Waals surface area (Å²) in [7, 11) is 2.20. The lowest BCUT2D eigenvalue weighted by Gasteiger charge is -2.40. The van der Waals surface area contributed by atoms with Gasteiger partial charge in [-0.3, -0.25) is 4.79 Å². The highest BCUT2D eigenvalue weighted by atomic mass is 16.5. The van der Waals surface area contributed by atoms with Crippen LogP contribution in [0.15, 0.2) is 17.2 Å². The number of likely N-dealkylation sites (tertiary alicyclic amines) is 1. The molecule has 27 heavy (non-hydrogen) atoms. The van der Waals surface area contributed by atoms with Crippen molar-refractivity contribution in [3.8, 4) is 5.75 Å². The van der Waals surface area contributed by atoms with Crippen LogP contribution < -0.4 is 15.1 Å². The molecule has 0 spiro atoms. The molecule has 6 heteroatoms. The van der Waals surface area contributed by atoms with Crippen LogP contribution in [-0.4, -0.2) is 49.4 Å². The monoisotopic (exact) mass is 370 g/mol. The second kappa shape index (κ2) is 6.82. The lowest BCUT2D eigenvalue weighted by Crippen LogP contribution is -2.55. The first-order chi connectivity index (χ1) is 12.9. The van der Waals surface area contributed by atoms with Gasteiger partial charge in [-0.2, -0.15) is 5.10 Å². The number of amidine groups is 1. The van der Waals surface area contributed by atoms with E-state index >= 15 is 0 Å². The predicted octanol–water partition coefficient (Wildman–Crippen LogP) is 2.90. The highest BCUT2D eigenvalue weighted by molar-refractivity contribution is 6.09. The van der Waals surface area contributed by atoms with Crippen LogP contribution in [0.3, 0.4) is 0 Å². The van der Waals surface area contributed by atoms with Gasteiger partial charge in [0.25, 0.3) is 5.91 Å². The summed E-state index contributed by atoms with van der Waals surface area (Å²) in [4.78, 5) is 16.7. The zero-order valence-electron chi connectivity index (χ0n) is 17.0. The van der Waals surface area contributed by atoms with Gasteiger partial charge in [-0.15, -0.1) is 0 Å². The van der Waals surface area contributed by atoms with E-state index < -0.39 is 0 Å². The number of fused-ring (bicyclic) bond motifs is 3. The van der Waals surface area contributed by atoms with Gasteiger partial charge < -0.3 is 14.5 Å². The molecule has 3 atom stereocenters. The van der Waals surface area contributed by atoms with E-state index in [2.05, 4.69) is 55.4 Å². The van der Waals surface area contributed by atoms with Crippen LogP contribution in [0.1, 0.15) is 57.1 Å². The van der Waals surface area contributed by atoms with Gasteiger partial charge in [0.1, 0.15) is 18.4 Å². The SMILES string of the molecule is CC(C)c1cc2c(cc1[C@@H]1CCN(C)C[C@@H]1C)N1C(=NNC(=O)C1C)CO2. The van der Waals surface area contributed by atoms with Crippen molar-refractivity contribution >= 4 is 17.4 Å². The number of amides is 1. The number of nitrogens with zero attached hydrogens (tertiary/aromatic N) is 3. The maximum Gasteiger partial charge on any atom is 0.262 e. The fourth-order valence-corrected chi connectivity index (χ4v) is 4.74. The number of carbonyl (C=O) groups excluding carboxylic acids is 1. The molecular formula is C21H30N4O2. The zero-order chi connectivity index (χ0) is 19.3. The lowest BCUT2D eigenvalue weighted by atomic mass is 9.77. The summed E-state index contributed by atoms with van der Waals surface area (Å²) >= 11 is 0. The first-order valence-corrected chi connectivity index (χ1v) is 10.0.